The van der Waals surface area contributed by atoms with Gasteiger partial charge in [0.05, 0.1) is 0 Å². The number of fused-ring (bicyclic) bond motifs is 2. The number of benzene rings is 2. The molecule has 1 aliphatic heterocycles. The first-order valence-corrected chi connectivity index (χ1v) is 7.40. The Hall–Kier alpha value is -2.29. The van der Waals surface area contributed by atoms with E-state index in [0.29, 0.717) is 6.42 Å². The van der Waals surface area contributed by atoms with Crippen LogP contribution in [-0.2, 0) is 17.6 Å². The first-order valence-electron chi connectivity index (χ1n) is 7.40. The molecule has 0 fully saturated rings. The van der Waals surface area contributed by atoms with Crippen LogP contribution in [-0.4, -0.2) is 17.1 Å². The highest BCUT2D eigenvalue weighted by Gasteiger charge is 2.30. The second-order valence-corrected chi connectivity index (χ2v) is 5.39. The average molecular weight is 281 g/mol. The normalized spacial score (nSPS) is 14.8. The van der Waals surface area contributed by atoms with E-state index >= 15 is 0 Å². The maximum Gasteiger partial charge on any atom is 0.326 e. The van der Waals surface area contributed by atoms with Crippen LogP contribution in [0.1, 0.15) is 24.5 Å². The summed E-state index contributed by atoms with van der Waals surface area (Å²) >= 11 is 0. The highest BCUT2D eigenvalue weighted by Crippen LogP contribution is 2.38. The fraction of sp³-hybridized carbons (Fsp3) is 0.278. The third-order valence-corrected chi connectivity index (χ3v) is 4.15. The molecule has 0 unspecified atom stereocenters. The van der Waals surface area contributed by atoms with Gasteiger partial charge in [0.1, 0.15) is 6.04 Å². The summed E-state index contributed by atoms with van der Waals surface area (Å²) < 4.78 is 0. The van der Waals surface area contributed by atoms with Crippen LogP contribution >= 0.6 is 0 Å². The lowest BCUT2D eigenvalue weighted by Gasteiger charge is -2.32. The van der Waals surface area contributed by atoms with Crippen LogP contribution in [0.15, 0.2) is 48.5 Å². The van der Waals surface area contributed by atoms with E-state index < -0.39 is 12.0 Å². The number of carboxylic acid groups (broad SMARTS) is 1. The molecule has 0 saturated carbocycles. The van der Waals surface area contributed by atoms with E-state index in [1.54, 1.807) is 0 Å². The predicted molar refractivity (Wildman–Crippen MR) is 84.1 cm³/mol. The van der Waals surface area contributed by atoms with Gasteiger partial charge in [0.25, 0.3) is 0 Å². The molecule has 2 aromatic carbocycles. The molecule has 0 radical (unpaired) electrons. The Morgan fingerprint density at radius 1 is 1.05 bits per heavy atom. The van der Waals surface area contributed by atoms with Gasteiger partial charge in [-0.3, -0.25) is 0 Å². The van der Waals surface area contributed by atoms with Crippen molar-refractivity contribution in [1.29, 1.82) is 0 Å². The number of rotatable bonds is 3. The van der Waals surface area contributed by atoms with Crippen molar-refractivity contribution in [3.8, 4) is 0 Å². The first-order chi connectivity index (χ1) is 10.2. The van der Waals surface area contributed by atoms with E-state index in [0.717, 1.165) is 24.2 Å². The number of nitrogens with zero attached hydrogens (tertiary/aromatic N) is 1. The zero-order valence-electron chi connectivity index (χ0n) is 12.1. The van der Waals surface area contributed by atoms with Crippen LogP contribution in [0.5, 0.6) is 0 Å². The molecule has 1 aliphatic rings. The number of aryl methyl sites for hydroxylation is 2. The largest absolute Gasteiger partial charge is 0.480 e. The smallest absolute Gasteiger partial charge is 0.326 e. The zero-order chi connectivity index (χ0) is 14.8. The molecule has 0 amide bonds. The van der Waals surface area contributed by atoms with Crippen molar-refractivity contribution in [2.45, 2.75) is 32.2 Å². The number of carboxylic acids is 1. The quantitative estimate of drug-likeness (QED) is 0.930. The first kappa shape index (κ1) is 13.7. The Bertz CT molecular complexity index is 618. The number of anilines is 2. The Kier molecular flexibility index (Phi) is 3.65. The molecule has 3 heteroatoms. The van der Waals surface area contributed by atoms with Gasteiger partial charge in [-0.1, -0.05) is 43.3 Å². The van der Waals surface area contributed by atoms with Gasteiger partial charge in [-0.05, 0) is 42.5 Å². The van der Waals surface area contributed by atoms with Crippen molar-refractivity contribution < 1.29 is 9.90 Å². The molecule has 21 heavy (non-hydrogen) atoms. The molecule has 3 rings (SSSR count). The van der Waals surface area contributed by atoms with Crippen LogP contribution in [0.3, 0.4) is 0 Å². The summed E-state index contributed by atoms with van der Waals surface area (Å²) in [6, 6.07) is 15.7. The number of carbonyl (C=O) groups is 1. The van der Waals surface area contributed by atoms with Gasteiger partial charge in [-0.25, -0.2) is 4.79 Å². The molecule has 0 spiro atoms. The molecule has 108 valence electrons. The minimum atomic E-state index is -0.774. The Labute approximate surface area is 124 Å². The van der Waals surface area contributed by atoms with Crippen molar-refractivity contribution in [3.63, 3.8) is 0 Å². The molecule has 0 aromatic heterocycles. The van der Waals surface area contributed by atoms with Gasteiger partial charge in [0, 0.05) is 11.4 Å². The van der Waals surface area contributed by atoms with E-state index in [-0.39, 0.29) is 0 Å². The van der Waals surface area contributed by atoms with Crippen LogP contribution in [0, 0.1) is 0 Å². The molecule has 1 N–H and O–H groups in total. The summed E-state index contributed by atoms with van der Waals surface area (Å²) in [5.74, 6) is -0.774. The maximum atomic E-state index is 11.7. The summed E-state index contributed by atoms with van der Waals surface area (Å²) in [7, 11) is 0. The van der Waals surface area contributed by atoms with Gasteiger partial charge in [0.2, 0.25) is 0 Å². The molecule has 3 nitrogen and oxygen atoms in total. The minimum absolute atomic E-state index is 0.537. The standard InChI is InChI=1S/C18H19NO2/c1-2-15(18(20)21)19-16-9-5-3-7-13(16)11-12-14-8-4-6-10-17(14)19/h3-10,15H,2,11-12H2,1H3,(H,20,21)/t15-/m0/s1. The maximum absolute atomic E-state index is 11.7. The van der Waals surface area contributed by atoms with Gasteiger partial charge < -0.3 is 10.0 Å². The number of hydrogen-bond acceptors (Lipinski definition) is 2. The Morgan fingerprint density at radius 2 is 1.52 bits per heavy atom. The number of para-hydroxylation sites is 2. The summed E-state index contributed by atoms with van der Waals surface area (Å²) in [4.78, 5) is 13.7. The zero-order valence-corrected chi connectivity index (χ0v) is 12.1. The molecule has 0 bridgehead atoms. The van der Waals surface area contributed by atoms with Crippen molar-refractivity contribution in [1.82, 2.24) is 0 Å². The highest BCUT2D eigenvalue weighted by molar-refractivity contribution is 5.84. The van der Waals surface area contributed by atoms with Crippen LogP contribution in [0.4, 0.5) is 11.4 Å². The topological polar surface area (TPSA) is 40.5 Å². The molecule has 1 atom stereocenters. The van der Waals surface area contributed by atoms with Crippen LogP contribution in [0.25, 0.3) is 0 Å². The van der Waals surface area contributed by atoms with E-state index in [1.165, 1.54) is 11.1 Å². The van der Waals surface area contributed by atoms with Crippen molar-refractivity contribution >= 4 is 17.3 Å². The fourth-order valence-corrected chi connectivity index (χ4v) is 3.12. The van der Waals surface area contributed by atoms with Gasteiger partial charge in [-0.15, -0.1) is 0 Å². The van der Waals surface area contributed by atoms with Crippen LogP contribution < -0.4 is 4.90 Å². The predicted octanol–water partition coefficient (Wildman–Crippen LogP) is 3.79. The molecule has 2 aromatic rings. The van der Waals surface area contributed by atoms with Gasteiger partial charge in [-0.2, -0.15) is 0 Å². The highest BCUT2D eigenvalue weighted by atomic mass is 16.4. The van der Waals surface area contributed by atoms with Crippen molar-refractivity contribution in [2.24, 2.45) is 0 Å². The SMILES string of the molecule is CC[C@@H](C(=O)O)N1c2ccccc2CCc2ccccc21. The second-order valence-electron chi connectivity index (χ2n) is 5.39. The number of hydrogen-bond donors (Lipinski definition) is 1. The molecule has 0 saturated heterocycles. The number of aliphatic carboxylic acids is 1. The third kappa shape index (κ3) is 2.40. The molecule has 0 aliphatic carbocycles. The lowest BCUT2D eigenvalue weighted by Crippen LogP contribution is -2.38. The summed E-state index contributed by atoms with van der Waals surface area (Å²) in [5.41, 5.74) is 4.48. The second kappa shape index (κ2) is 5.60. The Balaban J connectivity index is 2.22. The lowest BCUT2D eigenvalue weighted by molar-refractivity contribution is -0.138. The Morgan fingerprint density at radius 3 is 1.95 bits per heavy atom. The minimum Gasteiger partial charge on any atom is -0.480 e. The van der Waals surface area contributed by atoms with Crippen molar-refractivity contribution in [3.05, 3.63) is 59.7 Å². The van der Waals surface area contributed by atoms with Crippen LogP contribution in [0.2, 0.25) is 0 Å². The molecular formula is C18H19NO2. The van der Waals surface area contributed by atoms with E-state index in [4.69, 9.17) is 0 Å². The van der Waals surface area contributed by atoms with E-state index in [9.17, 15) is 9.90 Å². The lowest BCUT2D eigenvalue weighted by atomic mass is 10.0. The van der Waals surface area contributed by atoms with Gasteiger partial charge in [0.15, 0.2) is 0 Å². The monoisotopic (exact) mass is 281 g/mol. The van der Waals surface area contributed by atoms with E-state index in [2.05, 4.69) is 12.1 Å². The molecule has 1 heterocycles. The molecular weight excluding hydrogens is 262 g/mol. The van der Waals surface area contributed by atoms with Gasteiger partial charge >= 0.3 is 5.97 Å². The average Bonchev–Trinajstić information content (AvgIpc) is 2.66. The summed E-state index contributed by atoms with van der Waals surface area (Å²) in [6.07, 6.45) is 2.46. The third-order valence-electron chi connectivity index (χ3n) is 4.15. The van der Waals surface area contributed by atoms with Crippen molar-refractivity contribution in [2.75, 3.05) is 4.90 Å². The summed E-state index contributed by atoms with van der Waals surface area (Å²) in [6.45, 7) is 1.93. The summed E-state index contributed by atoms with van der Waals surface area (Å²) in [5, 5.41) is 9.63. The van der Waals surface area contributed by atoms with E-state index in [1.807, 2.05) is 48.2 Å². The fourth-order valence-electron chi connectivity index (χ4n) is 3.12.